The zero-order valence-electron chi connectivity index (χ0n) is 11.6. The molecule has 1 aliphatic carbocycles. The Kier molecular flexibility index (Phi) is 5.29. The van der Waals surface area contributed by atoms with Gasteiger partial charge in [0.05, 0.1) is 0 Å². The van der Waals surface area contributed by atoms with E-state index in [4.69, 9.17) is 0 Å². The Morgan fingerprint density at radius 1 is 1.33 bits per heavy atom. The molecule has 2 N–H and O–H groups in total. The van der Waals surface area contributed by atoms with Crippen molar-refractivity contribution in [3.8, 4) is 0 Å². The zero-order valence-corrected chi connectivity index (χ0v) is 11.6. The Balaban J connectivity index is 1.79. The summed E-state index contributed by atoms with van der Waals surface area (Å²) in [4.78, 5) is 14.2. The lowest BCUT2D eigenvalue weighted by Gasteiger charge is -2.33. The highest BCUT2D eigenvalue weighted by molar-refractivity contribution is 5.74. The first-order chi connectivity index (χ1) is 8.79. The Morgan fingerprint density at radius 3 is 2.72 bits per heavy atom. The number of piperidine rings is 1. The van der Waals surface area contributed by atoms with Gasteiger partial charge in [-0.25, -0.2) is 4.79 Å². The monoisotopic (exact) mass is 253 g/mol. The van der Waals surface area contributed by atoms with Crippen molar-refractivity contribution in [2.45, 2.75) is 51.5 Å². The van der Waals surface area contributed by atoms with Crippen molar-refractivity contribution in [1.29, 1.82) is 0 Å². The van der Waals surface area contributed by atoms with Gasteiger partial charge in [-0.1, -0.05) is 6.92 Å². The van der Waals surface area contributed by atoms with Crippen molar-refractivity contribution >= 4 is 6.03 Å². The molecule has 0 aromatic rings. The van der Waals surface area contributed by atoms with Crippen LogP contribution in [-0.2, 0) is 0 Å². The summed E-state index contributed by atoms with van der Waals surface area (Å²) >= 11 is 0. The SMILES string of the molecule is CCCN(CC1CCCNC1)C(=O)NC1CCC1. The molecule has 1 heterocycles. The second kappa shape index (κ2) is 6.98. The highest BCUT2D eigenvalue weighted by atomic mass is 16.2. The van der Waals surface area contributed by atoms with E-state index in [-0.39, 0.29) is 6.03 Å². The topological polar surface area (TPSA) is 44.4 Å². The second-order valence-corrected chi connectivity index (χ2v) is 5.74. The van der Waals surface area contributed by atoms with Crippen LogP contribution in [-0.4, -0.2) is 43.2 Å². The van der Waals surface area contributed by atoms with Gasteiger partial charge in [-0.15, -0.1) is 0 Å². The molecule has 0 bridgehead atoms. The Labute approximate surface area is 110 Å². The molecule has 2 amide bonds. The van der Waals surface area contributed by atoms with Gasteiger partial charge < -0.3 is 15.5 Å². The maximum Gasteiger partial charge on any atom is 0.317 e. The predicted molar refractivity (Wildman–Crippen MR) is 73.6 cm³/mol. The Morgan fingerprint density at radius 2 is 2.17 bits per heavy atom. The fraction of sp³-hybridized carbons (Fsp3) is 0.929. The highest BCUT2D eigenvalue weighted by Crippen LogP contribution is 2.19. The smallest absolute Gasteiger partial charge is 0.317 e. The van der Waals surface area contributed by atoms with Gasteiger partial charge in [0.15, 0.2) is 0 Å². The fourth-order valence-corrected chi connectivity index (χ4v) is 2.76. The summed E-state index contributed by atoms with van der Waals surface area (Å²) in [5.41, 5.74) is 0. The summed E-state index contributed by atoms with van der Waals surface area (Å²) in [6, 6.07) is 0.605. The van der Waals surface area contributed by atoms with Crippen molar-refractivity contribution in [2.24, 2.45) is 5.92 Å². The van der Waals surface area contributed by atoms with Crippen LogP contribution in [0.25, 0.3) is 0 Å². The van der Waals surface area contributed by atoms with E-state index in [1.54, 1.807) is 0 Å². The molecule has 2 rings (SSSR count). The lowest BCUT2D eigenvalue weighted by Crippen LogP contribution is -2.50. The second-order valence-electron chi connectivity index (χ2n) is 5.74. The molecule has 18 heavy (non-hydrogen) atoms. The highest BCUT2D eigenvalue weighted by Gasteiger charge is 2.24. The molecular formula is C14H27N3O. The van der Waals surface area contributed by atoms with Gasteiger partial charge in [0.25, 0.3) is 0 Å². The number of hydrogen-bond donors (Lipinski definition) is 2. The molecule has 4 nitrogen and oxygen atoms in total. The number of nitrogens with one attached hydrogen (secondary N) is 2. The van der Waals surface area contributed by atoms with E-state index in [0.717, 1.165) is 45.4 Å². The summed E-state index contributed by atoms with van der Waals surface area (Å²) in [7, 11) is 0. The summed E-state index contributed by atoms with van der Waals surface area (Å²) < 4.78 is 0. The quantitative estimate of drug-likeness (QED) is 0.786. The number of carbonyl (C=O) groups excluding carboxylic acids is 1. The van der Waals surface area contributed by atoms with Gasteiger partial charge in [-0.05, 0) is 57.5 Å². The van der Waals surface area contributed by atoms with Crippen LogP contribution in [0.3, 0.4) is 0 Å². The summed E-state index contributed by atoms with van der Waals surface area (Å²) in [6.45, 7) is 6.15. The lowest BCUT2D eigenvalue weighted by molar-refractivity contribution is 0.171. The Bertz CT molecular complexity index is 260. The first-order valence-electron chi connectivity index (χ1n) is 7.55. The number of hydrogen-bond acceptors (Lipinski definition) is 2. The summed E-state index contributed by atoms with van der Waals surface area (Å²) in [5, 5.41) is 6.58. The third kappa shape index (κ3) is 3.87. The van der Waals surface area contributed by atoms with Gasteiger partial charge in [-0.2, -0.15) is 0 Å². The van der Waals surface area contributed by atoms with Crippen LogP contribution in [0.2, 0.25) is 0 Å². The zero-order chi connectivity index (χ0) is 12.8. The number of nitrogens with zero attached hydrogens (tertiary/aromatic N) is 1. The molecule has 0 radical (unpaired) electrons. The van der Waals surface area contributed by atoms with E-state index in [0.29, 0.717) is 12.0 Å². The van der Waals surface area contributed by atoms with Gasteiger partial charge in [0.2, 0.25) is 0 Å². The summed E-state index contributed by atoms with van der Waals surface area (Å²) in [6.07, 6.45) is 7.13. The average molecular weight is 253 g/mol. The molecule has 0 aromatic carbocycles. The molecule has 104 valence electrons. The van der Waals surface area contributed by atoms with Crippen LogP contribution in [0.15, 0.2) is 0 Å². The number of rotatable bonds is 5. The molecule has 1 saturated carbocycles. The van der Waals surface area contributed by atoms with Gasteiger partial charge in [-0.3, -0.25) is 0 Å². The van der Waals surface area contributed by atoms with Crippen molar-refractivity contribution in [2.75, 3.05) is 26.2 Å². The van der Waals surface area contributed by atoms with Gasteiger partial charge >= 0.3 is 6.03 Å². The van der Waals surface area contributed by atoms with E-state index in [9.17, 15) is 4.79 Å². The number of amides is 2. The molecule has 4 heteroatoms. The molecule has 1 atom stereocenters. The molecule has 0 spiro atoms. The maximum absolute atomic E-state index is 12.2. The van der Waals surface area contributed by atoms with Crippen LogP contribution in [0, 0.1) is 5.92 Å². The van der Waals surface area contributed by atoms with E-state index >= 15 is 0 Å². The maximum atomic E-state index is 12.2. The van der Waals surface area contributed by atoms with Crippen molar-refractivity contribution in [1.82, 2.24) is 15.5 Å². The largest absolute Gasteiger partial charge is 0.335 e. The van der Waals surface area contributed by atoms with Crippen molar-refractivity contribution in [3.63, 3.8) is 0 Å². The normalized spacial score (nSPS) is 24.4. The minimum atomic E-state index is 0.159. The molecule has 1 saturated heterocycles. The minimum absolute atomic E-state index is 0.159. The molecule has 2 aliphatic rings. The molecular weight excluding hydrogens is 226 g/mol. The molecule has 0 aromatic heterocycles. The molecule has 1 aliphatic heterocycles. The average Bonchev–Trinajstić information content (AvgIpc) is 2.34. The van der Waals surface area contributed by atoms with Crippen LogP contribution >= 0.6 is 0 Å². The lowest BCUT2D eigenvalue weighted by atomic mass is 9.93. The van der Waals surface area contributed by atoms with Crippen LogP contribution in [0.1, 0.15) is 45.4 Å². The van der Waals surface area contributed by atoms with Crippen LogP contribution in [0.4, 0.5) is 4.79 Å². The molecule has 2 fully saturated rings. The van der Waals surface area contributed by atoms with E-state index in [1.807, 2.05) is 4.90 Å². The molecule has 1 unspecified atom stereocenters. The van der Waals surface area contributed by atoms with Gasteiger partial charge in [0, 0.05) is 19.1 Å². The van der Waals surface area contributed by atoms with E-state index in [2.05, 4.69) is 17.6 Å². The first-order valence-corrected chi connectivity index (χ1v) is 7.55. The first kappa shape index (κ1) is 13.7. The Hall–Kier alpha value is -0.770. The van der Waals surface area contributed by atoms with Crippen molar-refractivity contribution < 1.29 is 4.79 Å². The third-order valence-corrected chi connectivity index (χ3v) is 4.09. The predicted octanol–water partition coefficient (Wildman–Crippen LogP) is 1.96. The van der Waals surface area contributed by atoms with Crippen LogP contribution < -0.4 is 10.6 Å². The summed E-state index contributed by atoms with van der Waals surface area (Å²) in [5.74, 6) is 0.637. The van der Waals surface area contributed by atoms with Crippen molar-refractivity contribution in [3.05, 3.63) is 0 Å². The fourth-order valence-electron chi connectivity index (χ4n) is 2.76. The van der Waals surface area contributed by atoms with E-state index in [1.165, 1.54) is 19.3 Å². The van der Waals surface area contributed by atoms with Gasteiger partial charge in [0.1, 0.15) is 0 Å². The number of carbonyl (C=O) groups is 1. The standard InChI is InChI=1S/C14H27N3O/c1-2-9-17(11-12-5-4-8-15-10-12)14(18)16-13-6-3-7-13/h12-13,15H,2-11H2,1H3,(H,16,18). The van der Waals surface area contributed by atoms with E-state index < -0.39 is 0 Å². The van der Waals surface area contributed by atoms with Crippen LogP contribution in [0.5, 0.6) is 0 Å². The minimum Gasteiger partial charge on any atom is -0.335 e. The third-order valence-electron chi connectivity index (χ3n) is 4.09. The number of urea groups is 1.